The van der Waals surface area contributed by atoms with Gasteiger partial charge < -0.3 is 5.11 Å². The van der Waals surface area contributed by atoms with E-state index >= 15 is 0 Å². The van der Waals surface area contributed by atoms with Gasteiger partial charge in [0, 0.05) is 12.6 Å². The van der Waals surface area contributed by atoms with Crippen molar-refractivity contribution in [3.63, 3.8) is 0 Å². The molecule has 4 heteroatoms. The van der Waals surface area contributed by atoms with Crippen molar-refractivity contribution in [3.05, 3.63) is 53.3 Å². The average molecular weight is 258 g/mol. The van der Waals surface area contributed by atoms with Crippen LogP contribution in [-0.2, 0) is 16.8 Å². The fraction of sp³-hybridized carbons (Fsp3) is 0.333. The van der Waals surface area contributed by atoms with Crippen LogP contribution in [0.5, 0.6) is 0 Å². The van der Waals surface area contributed by atoms with Crippen molar-refractivity contribution in [2.45, 2.75) is 32.7 Å². The fourth-order valence-electron chi connectivity index (χ4n) is 2.12. The molecule has 0 aliphatic rings. The van der Waals surface area contributed by atoms with Crippen LogP contribution < -0.4 is 0 Å². The molecule has 1 aromatic heterocycles. The predicted octanol–water partition coefficient (Wildman–Crippen LogP) is 2.54. The average Bonchev–Trinajstić information content (AvgIpc) is 2.79. The second-order valence-electron chi connectivity index (χ2n) is 5.14. The summed E-state index contributed by atoms with van der Waals surface area (Å²) in [4.78, 5) is 11.7. The molecule has 0 aliphatic carbocycles. The van der Waals surface area contributed by atoms with Crippen molar-refractivity contribution in [2.24, 2.45) is 0 Å². The number of carboxylic acids is 1. The second kappa shape index (κ2) is 4.88. The van der Waals surface area contributed by atoms with Gasteiger partial charge in [0.1, 0.15) is 0 Å². The first-order valence-electron chi connectivity index (χ1n) is 6.23. The van der Waals surface area contributed by atoms with Crippen LogP contribution in [-0.4, -0.2) is 20.9 Å². The third kappa shape index (κ3) is 2.52. The van der Waals surface area contributed by atoms with Crippen LogP contribution in [0.1, 0.15) is 23.6 Å². The lowest BCUT2D eigenvalue weighted by molar-refractivity contribution is -0.147. The van der Waals surface area contributed by atoms with Crippen LogP contribution in [0.4, 0.5) is 0 Å². The zero-order valence-corrected chi connectivity index (χ0v) is 11.4. The molecule has 100 valence electrons. The predicted molar refractivity (Wildman–Crippen MR) is 73.1 cm³/mol. The zero-order chi connectivity index (χ0) is 14.0. The highest BCUT2D eigenvalue weighted by atomic mass is 16.4. The lowest BCUT2D eigenvalue weighted by Crippen LogP contribution is -2.41. The van der Waals surface area contributed by atoms with Gasteiger partial charge in [0.15, 0.2) is 5.54 Å². The van der Waals surface area contributed by atoms with Gasteiger partial charge in [-0.05, 0) is 37.5 Å². The second-order valence-corrected chi connectivity index (χ2v) is 5.14. The summed E-state index contributed by atoms with van der Waals surface area (Å²) in [5.41, 5.74) is 2.01. The van der Waals surface area contributed by atoms with Crippen LogP contribution in [0, 0.1) is 13.8 Å². The molecule has 19 heavy (non-hydrogen) atoms. The van der Waals surface area contributed by atoms with Gasteiger partial charge >= 0.3 is 5.97 Å². The van der Waals surface area contributed by atoms with E-state index in [2.05, 4.69) is 5.10 Å². The molecule has 4 nitrogen and oxygen atoms in total. The van der Waals surface area contributed by atoms with Crippen molar-refractivity contribution in [3.8, 4) is 0 Å². The van der Waals surface area contributed by atoms with Crippen molar-refractivity contribution in [1.29, 1.82) is 0 Å². The highest BCUT2D eigenvalue weighted by molar-refractivity contribution is 5.76. The van der Waals surface area contributed by atoms with Gasteiger partial charge in [-0.3, -0.25) is 4.68 Å². The van der Waals surface area contributed by atoms with E-state index in [1.807, 2.05) is 38.1 Å². The maximum absolute atomic E-state index is 11.7. The molecule has 1 atom stereocenters. The number of aliphatic carboxylic acids is 1. The van der Waals surface area contributed by atoms with Crippen LogP contribution in [0.3, 0.4) is 0 Å². The van der Waals surface area contributed by atoms with E-state index < -0.39 is 11.5 Å². The van der Waals surface area contributed by atoms with Crippen molar-refractivity contribution < 1.29 is 9.90 Å². The third-order valence-electron chi connectivity index (χ3n) is 3.47. The molecule has 1 aromatic carbocycles. The first kappa shape index (κ1) is 13.3. The highest BCUT2D eigenvalue weighted by Gasteiger charge is 2.36. The summed E-state index contributed by atoms with van der Waals surface area (Å²) in [7, 11) is 0. The van der Waals surface area contributed by atoms with E-state index in [9.17, 15) is 9.90 Å². The monoisotopic (exact) mass is 258 g/mol. The highest BCUT2D eigenvalue weighted by Crippen LogP contribution is 2.24. The zero-order valence-electron chi connectivity index (χ0n) is 11.4. The minimum Gasteiger partial charge on any atom is -0.479 e. The maximum atomic E-state index is 11.7. The van der Waals surface area contributed by atoms with Gasteiger partial charge in [-0.25, -0.2) is 4.79 Å². The van der Waals surface area contributed by atoms with Crippen LogP contribution in [0.2, 0.25) is 0 Å². The van der Waals surface area contributed by atoms with Crippen LogP contribution >= 0.6 is 0 Å². The first-order valence-corrected chi connectivity index (χ1v) is 6.23. The van der Waals surface area contributed by atoms with E-state index in [1.54, 1.807) is 19.3 Å². The molecule has 2 aromatic rings. The minimum absolute atomic E-state index is 0.413. The number of nitrogens with zero attached hydrogens (tertiary/aromatic N) is 2. The lowest BCUT2D eigenvalue weighted by atomic mass is 9.91. The molecule has 0 spiro atoms. The Kier molecular flexibility index (Phi) is 3.42. The number of carboxylic acid groups (broad SMARTS) is 1. The van der Waals surface area contributed by atoms with E-state index in [4.69, 9.17) is 0 Å². The Hall–Kier alpha value is -2.10. The Balaban J connectivity index is 2.41. The van der Waals surface area contributed by atoms with Gasteiger partial charge in [-0.2, -0.15) is 5.10 Å². The SMILES string of the molecule is Cc1cnn(C(C)(Cc2ccccc2C)C(=O)O)c1. The van der Waals surface area contributed by atoms with E-state index in [0.717, 1.165) is 16.7 Å². The van der Waals surface area contributed by atoms with Gasteiger partial charge in [0.25, 0.3) is 0 Å². The molecular formula is C15H18N2O2. The quantitative estimate of drug-likeness (QED) is 0.917. The molecule has 0 radical (unpaired) electrons. The molecule has 0 bridgehead atoms. The number of aryl methyl sites for hydroxylation is 2. The normalized spacial score (nSPS) is 14.1. The molecule has 2 rings (SSSR count). The molecule has 1 N–H and O–H groups in total. The number of carbonyl (C=O) groups is 1. The molecule has 0 saturated carbocycles. The van der Waals surface area contributed by atoms with E-state index in [1.165, 1.54) is 4.68 Å². The van der Waals surface area contributed by atoms with Gasteiger partial charge in [-0.1, -0.05) is 24.3 Å². The smallest absolute Gasteiger partial charge is 0.331 e. The lowest BCUT2D eigenvalue weighted by Gasteiger charge is -2.26. The number of benzene rings is 1. The number of hydrogen-bond acceptors (Lipinski definition) is 2. The fourth-order valence-corrected chi connectivity index (χ4v) is 2.12. The Bertz CT molecular complexity index is 604. The summed E-state index contributed by atoms with van der Waals surface area (Å²) < 4.78 is 1.54. The number of rotatable bonds is 4. The Morgan fingerprint density at radius 1 is 1.37 bits per heavy atom. The van der Waals surface area contributed by atoms with Crippen molar-refractivity contribution in [1.82, 2.24) is 9.78 Å². The Morgan fingerprint density at radius 3 is 2.58 bits per heavy atom. The standard InChI is InChI=1S/C15H18N2O2/c1-11-9-16-17(10-11)15(3,14(18)19)8-13-7-5-4-6-12(13)2/h4-7,9-10H,8H2,1-3H3,(H,18,19). The molecule has 0 aliphatic heterocycles. The topological polar surface area (TPSA) is 55.1 Å². The van der Waals surface area contributed by atoms with Crippen molar-refractivity contribution >= 4 is 5.97 Å². The summed E-state index contributed by atoms with van der Waals surface area (Å²) >= 11 is 0. The largest absolute Gasteiger partial charge is 0.479 e. The Morgan fingerprint density at radius 2 is 2.05 bits per heavy atom. The summed E-state index contributed by atoms with van der Waals surface area (Å²) in [5.74, 6) is -0.876. The number of aromatic nitrogens is 2. The van der Waals surface area contributed by atoms with E-state index in [-0.39, 0.29) is 0 Å². The van der Waals surface area contributed by atoms with Crippen LogP contribution in [0.25, 0.3) is 0 Å². The minimum atomic E-state index is -1.07. The molecule has 1 heterocycles. The van der Waals surface area contributed by atoms with Crippen molar-refractivity contribution in [2.75, 3.05) is 0 Å². The summed E-state index contributed by atoms with van der Waals surface area (Å²) in [6, 6.07) is 7.84. The third-order valence-corrected chi connectivity index (χ3v) is 3.47. The van der Waals surface area contributed by atoms with Gasteiger partial charge in [0.05, 0.1) is 6.20 Å². The Labute approximate surface area is 112 Å². The molecule has 0 saturated heterocycles. The van der Waals surface area contributed by atoms with E-state index in [0.29, 0.717) is 6.42 Å². The van der Waals surface area contributed by atoms with Gasteiger partial charge in [0.2, 0.25) is 0 Å². The molecule has 0 fully saturated rings. The maximum Gasteiger partial charge on any atom is 0.331 e. The summed E-state index contributed by atoms with van der Waals surface area (Å²) in [6.45, 7) is 5.60. The summed E-state index contributed by atoms with van der Waals surface area (Å²) in [5, 5.41) is 13.8. The molecule has 1 unspecified atom stereocenters. The first-order chi connectivity index (χ1) is 8.93. The molecule has 0 amide bonds. The molecular weight excluding hydrogens is 240 g/mol. The summed E-state index contributed by atoms with van der Waals surface area (Å²) in [6.07, 6.45) is 3.86. The van der Waals surface area contributed by atoms with Gasteiger partial charge in [-0.15, -0.1) is 0 Å². The number of hydrogen-bond donors (Lipinski definition) is 1. The van der Waals surface area contributed by atoms with Crippen LogP contribution in [0.15, 0.2) is 36.7 Å².